The topological polar surface area (TPSA) is 86.6 Å². The molecule has 20 heavy (non-hydrogen) atoms. The highest BCUT2D eigenvalue weighted by Crippen LogP contribution is 2.12. The van der Waals surface area contributed by atoms with E-state index in [0.717, 1.165) is 5.56 Å². The second kappa shape index (κ2) is 8.55. The summed E-state index contributed by atoms with van der Waals surface area (Å²) < 4.78 is 12.7. The largest absolute Gasteiger partial charge is 0.480 e. The van der Waals surface area contributed by atoms with Gasteiger partial charge >= 0.3 is 5.97 Å². The van der Waals surface area contributed by atoms with E-state index >= 15 is 0 Å². The van der Waals surface area contributed by atoms with Crippen LogP contribution in [0, 0.1) is 5.82 Å². The quantitative estimate of drug-likeness (QED) is 0.667. The van der Waals surface area contributed by atoms with Gasteiger partial charge in [-0.2, -0.15) is 0 Å². The highest BCUT2D eigenvalue weighted by molar-refractivity contribution is 7.99. The number of aliphatic hydroxyl groups excluding tert-OH is 1. The number of carbonyl (C=O) groups is 2. The lowest BCUT2D eigenvalue weighted by Gasteiger charge is -2.12. The van der Waals surface area contributed by atoms with Gasteiger partial charge in [-0.25, -0.2) is 9.18 Å². The van der Waals surface area contributed by atoms with E-state index in [4.69, 9.17) is 10.2 Å². The van der Waals surface area contributed by atoms with Crippen LogP contribution < -0.4 is 5.32 Å². The molecule has 0 bridgehead atoms. The summed E-state index contributed by atoms with van der Waals surface area (Å²) in [5.74, 6) is -1.25. The molecule has 0 aliphatic carbocycles. The highest BCUT2D eigenvalue weighted by atomic mass is 32.2. The Balaban J connectivity index is 2.32. The number of amides is 1. The molecular formula is C13H16FNO4S. The van der Waals surface area contributed by atoms with E-state index in [2.05, 4.69) is 5.32 Å². The SMILES string of the molecule is O=C(CSCc1ccc(F)cc1)N[C@H](CCO)C(=O)O. The molecule has 0 spiro atoms. The van der Waals surface area contributed by atoms with Gasteiger partial charge in [-0.1, -0.05) is 12.1 Å². The van der Waals surface area contributed by atoms with Gasteiger partial charge in [0.05, 0.1) is 5.75 Å². The van der Waals surface area contributed by atoms with Gasteiger partial charge in [0.25, 0.3) is 0 Å². The third kappa shape index (κ3) is 6.03. The number of aliphatic hydroxyl groups is 1. The van der Waals surface area contributed by atoms with Gasteiger partial charge in [-0.05, 0) is 17.7 Å². The van der Waals surface area contributed by atoms with Crippen LogP contribution in [-0.4, -0.2) is 40.5 Å². The molecule has 1 rings (SSSR count). The van der Waals surface area contributed by atoms with Gasteiger partial charge in [-0.15, -0.1) is 11.8 Å². The Morgan fingerprint density at radius 1 is 1.30 bits per heavy atom. The zero-order valence-electron chi connectivity index (χ0n) is 10.7. The number of rotatable bonds is 8. The number of hydrogen-bond acceptors (Lipinski definition) is 4. The molecule has 0 aromatic heterocycles. The Bertz CT molecular complexity index is 452. The molecule has 3 N–H and O–H groups in total. The van der Waals surface area contributed by atoms with Crippen molar-refractivity contribution in [2.75, 3.05) is 12.4 Å². The van der Waals surface area contributed by atoms with E-state index < -0.39 is 17.9 Å². The molecule has 1 atom stereocenters. The molecule has 0 aliphatic heterocycles. The Labute approximate surface area is 120 Å². The lowest BCUT2D eigenvalue weighted by Crippen LogP contribution is -2.42. The van der Waals surface area contributed by atoms with E-state index in [1.165, 1.54) is 23.9 Å². The summed E-state index contributed by atoms with van der Waals surface area (Å²) in [7, 11) is 0. The van der Waals surface area contributed by atoms with Crippen LogP contribution in [0.15, 0.2) is 24.3 Å². The molecule has 0 saturated heterocycles. The summed E-state index contributed by atoms with van der Waals surface area (Å²) in [6.07, 6.45) is -0.0241. The Kier molecular flexibility index (Phi) is 7.03. The Hall–Kier alpha value is -1.60. The standard InChI is InChI=1S/C13H16FNO4S/c14-10-3-1-9(2-4-10)7-20-8-12(17)15-11(5-6-16)13(18)19/h1-4,11,16H,5-8H2,(H,15,17)(H,18,19)/t11-/m1/s1. The molecule has 1 aromatic rings. The first kappa shape index (κ1) is 16.5. The number of nitrogens with one attached hydrogen (secondary N) is 1. The molecule has 0 aliphatic rings. The van der Waals surface area contributed by atoms with Gasteiger partial charge < -0.3 is 15.5 Å². The minimum Gasteiger partial charge on any atom is -0.480 e. The number of halogens is 1. The van der Waals surface area contributed by atoms with E-state index in [9.17, 15) is 14.0 Å². The average Bonchev–Trinajstić information content (AvgIpc) is 2.40. The minimum absolute atomic E-state index is 0.0241. The molecule has 0 unspecified atom stereocenters. The fourth-order valence-corrected chi connectivity index (χ4v) is 2.26. The lowest BCUT2D eigenvalue weighted by molar-refractivity contribution is -0.141. The molecule has 1 amide bonds. The minimum atomic E-state index is -1.17. The lowest BCUT2D eigenvalue weighted by atomic mass is 10.2. The molecule has 0 saturated carbocycles. The zero-order valence-corrected chi connectivity index (χ0v) is 11.5. The fourth-order valence-electron chi connectivity index (χ4n) is 1.46. The Morgan fingerprint density at radius 2 is 1.95 bits per heavy atom. The second-order valence-electron chi connectivity index (χ2n) is 4.09. The maximum atomic E-state index is 12.7. The van der Waals surface area contributed by atoms with Crippen molar-refractivity contribution in [1.82, 2.24) is 5.32 Å². The number of hydrogen-bond donors (Lipinski definition) is 3. The first-order valence-electron chi connectivity index (χ1n) is 5.98. The Morgan fingerprint density at radius 3 is 2.50 bits per heavy atom. The van der Waals surface area contributed by atoms with Gasteiger partial charge in [0, 0.05) is 18.8 Å². The maximum Gasteiger partial charge on any atom is 0.326 e. The van der Waals surface area contributed by atoms with Crippen LogP contribution in [0.1, 0.15) is 12.0 Å². The van der Waals surface area contributed by atoms with Crippen molar-refractivity contribution in [2.24, 2.45) is 0 Å². The molecule has 0 heterocycles. The summed E-state index contributed by atoms with van der Waals surface area (Å²) in [6.45, 7) is -0.306. The summed E-state index contributed by atoms with van der Waals surface area (Å²) in [6, 6.07) is 4.88. The average molecular weight is 301 g/mol. The third-order valence-corrected chi connectivity index (χ3v) is 3.47. The highest BCUT2D eigenvalue weighted by Gasteiger charge is 2.18. The first-order chi connectivity index (χ1) is 9.52. The van der Waals surface area contributed by atoms with Gasteiger partial charge in [0.2, 0.25) is 5.91 Å². The predicted octanol–water partition coefficient (Wildman–Crippen LogP) is 1.01. The number of carboxylic acid groups (broad SMARTS) is 1. The predicted molar refractivity (Wildman–Crippen MR) is 73.8 cm³/mol. The van der Waals surface area contributed by atoms with Crippen LogP contribution in [0.3, 0.4) is 0 Å². The van der Waals surface area contributed by atoms with E-state index in [1.54, 1.807) is 12.1 Å². The van der Waals surface area contributed by atoms with Crippen LogP contribution >= 0.6 is 11.8 Å². The molecule has 110 valence electrons. The van der Waals surface area contributed by atoms with Crippen LogP contribution in [0.4, 0.5) is 4.39 Å². The van der Waals surface area contributed by atoms with Crippen LogP contribution in [0.2, 0.25) is 0 Å². The molecule has 0 radical (unpaired) electrons. The van der Waals surface area contributed by atoms with Crippen LogP contribution in [0.5, 0.6) is 0 Å². The summed E-state index contributed by atoms with van der Waals surface area (Å²) in [5, 5.41) is 19.8. The summed E-state index contributed by atoms with van der Waals surface area (Å²) in [5.41, 5.74) is 0.884. The van der Waals surface area contributed by atoms with Crippen LogP contribution in [0.25, 0.3) is 0 Å². The van der Waals surface area contributed by atoms with E-state index in [0.29, 0.717) is 5.75 Å². The van der Waals surface area contributed by atoms with Crippen molar-refractivity contribution < 1.29 is 24.2 Å². The van der Waals surface area contributed by atoms with Crippen molar-refractivity contribution in [2.45, 2.75) is 18.2 Å². The first-order valence-corrected chi connectivity index (χ1v) is 7.13. The maximum absolute atomic E-state index is 12.7. The van der Waals surface area contributed by atoms with Crippen molar-refractivity contribution in [3.8, 4) is 0 Å². The normalized spacial score (nSPS) is 11.9. The van der Waals surface area contributed by atoms with Crippen molar-refractivity contribution in [1.29, 1.82) is 0 Å². The molecule has 0 fully saturated rings. The number of carbonyl (C=O) groups excluding carboxylic acids is 1. The number of thioether (sulfide) groups is 1. The molecule has 7 heteroatoms. The number of aliphatic carboxylic acids is 1. The van der Waals surface area contributed by atoms with Crippen LogP contribution in [-0.2, 0) is 15.3 Å². The smallest absolute Gasteiger partial charge is 0.326 e. The van der Waals surface area contributed by atoms with Gasteiger partial charge in [-0.3, -0.25) is 4.79 Å². The zero-order chi connectivity index (χ0) is 15.0. The molecule has 5 nitrogen and oxygen atoms in total. The summed E-state index contributed by atoms with van der Waals surface area (Å²) >= 11 is 1.30. The van der Waals surface area contributed by atoms with Crippen molar-refractivity contribution in [3.63, 3.8) is 0 Å². The second-order valence-corrected chi connectivity index (χ2v) is 5.08. The van der Waals surface area contributed by atoms with Crippen molar-refractivity contribution in [3.05, 3.63) is 35.6 Å². The fraction of sp³-hybridized carbons (Fsp3) is 0.385. The monoisotopic (exact) mass is 301 g/mol. The van der Waals surface area contributed by atoms with E-state index in [-0.39, 0.29) is 24.6 Å². The third-order valence-electron chi connectivity index (χ3n) is 2.47. The summed E-state index contributed by atoms with van der Waals surface area (Å²) in [4.78, 5) is 22.3. The van der Waals surface area contributed by atoms with E-state index in [1.807, 2.05) is 0 Å². The van der Waals surface area contributed by atoms with Gasteiger partial charge in [0.1, 0.15) is 11.9 Å². The number of benzene rings is 1. The van der Waals surface area contributed by atoms with Gasteiger partial charge in [0.15, 0.2) is 0 Å². The molecule has 1 aromatic carbocycles. The number of carboxylic acids is 1. The van der Waals surface area contributed by atoms with Crippen molar-refractivity contribution >= 4 is 23.6 Å². The molecular weight excluding hydrogens is 285 g/mol.